The van der Waals surface area contributed by atoms with E-state index < -0.39 is 101 Å². The Morgan fingerprint density at radius 2 is 1.55 bits per heavy atom. The summed E-state index contributed by atoms with van der Waals surface area (Å²) in [5.41, 5.74) is -2.33. The van der Waals surface area contributed by atoms with E-state index in [9.17, 15) is 54.2 Å². The Balaban J connectivity index is 0.00000172. The first-order chi connectivity index (χ1) is 26.1. The summed E-state index contributed by atoms with van der Waals surface area (Å²) in [7, 11) is 0. The molecule has 304 valence electrons. The number of rotatable bonds is 6. The van der Waals surface area contributed by atoms with Crippen LogP contribution in [0.4, 0.5) is 44.3 Å². The first kappa shape index (κ1) is 46.8. The highest BCUT2D eigenvalue weighted by Gasteiger charge is 2.51. The summed E-state index contributed by atoms with van der Waals surface area (Å²) in [4.78, 5) is 29.9. The van der Waals surface area contributed by atoms with Gasteiger partial charge in [-0.05, 0) is 80.1 Å². The molecule has 2 aromatic carbocycles. The van der Waals surface area contributed by atoms with Crippen molar-refractivity contribution in [1.82, 2.24) is 20.1 Å². The third kappa shape index (κ3) is 11.1. The van der Waals surface area contributed by atoms with Crippen LogP contribution in [0.1, 0.15) is 112 Å². The molecule has 56 heavy (non-hydrogen) atoms. The van der Waals surface area contributed by atoms with Gasteiger partial charge in [-0.15, -0.1) is 0 Å². The predicted molar refractivity (Wildman–Crippen MR) is 192 cm³/mol. The highest BCUT2D eigenvalue weighted by Crippen LogP contribution is 2.46. The van der Waals surface area contributed by atoms with E-state index in [-0.39, 0.29) is 32.8 Å². The van der Waals surface area contributed by atoms with Gasteiger partial charge in [0.15, 0.2) is 17.3 Å². The van der Waals surface area contributed by atoms with Crippen LogP contribution in [-0.2, 0) is 24.9 Å². The van der Waals surface area contributed by atoms with E-state index in [0.29, 0.717) is 12.1 Å². The number of nitrogens with zero attached hydrogens (tertiary/aromatic N) is 3. The smallest absolute Gasteiger partial charge is 0.378 e. The summed E-state index contributed by atoms with van der Waals surface area (Å²) >= 11 is 0. The monoisotopic (exact) mass is 799 g/mol. The molecule has 1 atom stereocenters. The van der Waals surface area contributed by atoms with Gasteiger partial charge in [-0.1, -0.05) is 47.5 Å². The molecule has 17 heteroatoms. The third-order valence-corrected chi connectivity index (χ3v) is 7.50. The summed E-state index contributed by atoms with van der Waals surface area (Å²) < 4.78 is 129. The molecule has 0 saturated carbocycles. The number of fused-ring (bicyclic) bond motifs is 1. The lowest BCUT2D eigenvalue weighted by Crippen LogP contribution is -2.37. The van der Waals surface area contributed by atoms with Gasteiger partial charge in [0.1, 0.15) is 28.6 Å². The first-order valence-corrected chi connectivity index (χ1v) is 17.5. The minimum absolute atomic E-state index is 0.140. The number of carbonyl (C=O) groups is 2. The molecule has 0 spiro atoms. The number of aromatic nitrogens is 3. The third-order valence-electron chi connectivity index (χ3n) is 7.50. The van der Waals surface area contributed by atoms with E-state index in [1.807, 2.05) is 41.5 Å². The minimum atomic E-state index is -5.22. The van der Waals surface area contributed by atoms with Crippen LogP contribution >= 0.6 is 0 Å². The number of hydrogen-bond acceptors (Lipinski definition) is 5. The van der Waals surface area contributed by atoms with Gasteiger partial charge in [-0.25, -0.2) is 27.3 Å². The normalized spacial score (nSPS) is 13.2. The summed E-state index contributed by atoms with van der Waals surface area (Å²) in [5.74, 6) is -5.56. The minimum Gasteiger partial charge on any atom is -0.378 e. The van der Waals surface area contributed by atoms with E-state index in [4.69, 9.17) is 5.73 Å². The van der Waals surface area contributed by atoms with Gasteiger partial charge in [-0.2, -0.15) is 31.7 Å². The molecule has 0 radical (unpaired) electrons. The molecule has 1 aliphatic rings. The maximum absolute atomic E-state index is 14.9. The first-order valence-electron chi connectivity index (χ1n) is 17.5. The summed E-state index contributed by atoms with van der Waals surface area (Å²) in [6.07, 6.45) is -7.64. The molecular weight excluding hydrogens is 757 g/mol. The van der Waals surface area contributed by atoms with Gasteiger partial charge in [0.05, 0.1) is 17.3 Å². The van der Waals surface area contributed by atoms with E-state index in [2.05, 4.69) is 27.2 Å². The zero-order chi connectivity index (χ0) is 42.9. The Morgan fingerprint density at radius 3 is 2.09 bits per heavy atom. The fraction of sp³-hybridized carbons (Fsp3) is 0.385. The zero-order valence-corrected chi connectivity index (χ0v) is 31.8. The van der Waals surface area contributed by atoms with Crippen molar-refractivity contribution in [3.05, 3.63) is 105 Å². The SMILES string of the molecule is CC.CC.CC.CC(C)(O)C#Cc1ccc(-c2cc(F)c(F)c(C(N)=O)c2)c(C(Cc2cc(F)cc(F)c2)NC(=O)n2nc(C(F)(F)F)c3c2C(F)(F)CC3)n1. The Labute approximate surface area is 318 Å². The van der Waals surface area contributed by atoms with Crippen LogP contribution in [0.2, 0.25) is 0 Å². The van der Waals surface area contributed by atoms with Crippen molar-refractivity contribution in [3.63, 3.8) is 0 Å². The maximum atomic E-state index is 14.9. The second-order valence-corrected chi connectivity index (χ2v) is 11.9. The second kappa shape index (κ2) is 19.0. The van der Waals surface area contributed by atoms with E-state index in [0.717, 1.165) is 18.2 Å². The Bertz CT molecular complexity index is 2080. The van der Waals surface area contributed by atoms with Crippen molar-refractivity contribution in [2.45, 2.75) is 98.4 Å². The van der Waals surface area contributed by atoms with Gasteiger partial charge >= 0.3 is 12.2 Å². The number of carbonyl (C=O) groups excluding carboxylic acids is 2. The fourth-order valence-corrected chi connectivity index (χ4v) is 5.42. The molecule has 1 aliphatic carbocycles. The number of hydrogen-bond donors (Lipinski definition) is 3. The van der Waals surface area contributed by atoms with Crippen LogP contribution in [0, 0.1) is 35.1 Å². The Morgan fingerprint density at radius 1 is 0.964 bits per heavy atom. The molecule has 0 saturated heterocycles. The van der Waals surface area contributed by atoms with Crippen molar-refractivity contribution >= 4 is 11.9 Å². The van der Waals surface area contributed by atoms with Crippen molar-refractivity contribution < 1.29 is 54.2 Å². The molecule has 2 aromatic heterocycles. The van der Waals surface area contributed by atoms with Crippen LogP contribution in [0.3, 0.4) is 0 Å². The van der Waals surface area contributed by atoms with Crippen LogP contribution in [0.25, 0.3) is 11.1 Å². The zero-order valence-electron chi connectivity index (χ0n) is 31.8. The highest BCUT2D eigenvalue weighted by molar-refractivity contribution is 5.94. The number of alkyl halides is 5. The number of nitrogens with one attached hydrogen (secondary N) is 1. The standard InChI is InChI=1S/C33H24F9N5O3.3C2H6/c1-31(2,50)7-5-19-3-4-20(16-12-22(29(43)48)25(37)23(36)13-16)26(44-19)24(11-15-9-17(34)14-18(35)10-15)45-30(49)47-28-21(6-8-32(28,38)39)27(46-47)33(40,41)42;3*1-2/h3-4,9-10,12-14,24,50H,6,8,11H2,1-2H3,(H2,43,48)(H,45,49);3*1-2H3. The number of benzene rings is 2. The molecule has 2 heterocycles. The lowest BCUT2D eigenvalue weighted by Gasteiger charge is -2.23. The van der Waals surface area contributed by atoms with Crippen molar-refractivity contribution in [2.24, 2.45) is 5.73 Å². The highest BCUT2D eigenvalue weighted by atomic mass is 19.4. The van der Waals surface area contributed by atoms with Crippen LogP contribution in [0.5, 0.6) is 0 Å². The van der Waals surface area contributed by atoms with E-state index >= 15 is 0 Å². The quantitative estimate of drug-likeness (QED) is 0.133. The maximum Gasteiger partial charge on any atom is 0.435 e. The Hall–Kier alpha value is -5.37. The molecule has 5 rings (SSSR count). The molecular formula is C39H42F9N5O3. The predicted octanol–water partition coefficient (Wildman–Crippen LogP) is 9.40. The topological polar surface area (TPSA) is 123 Å². The van der Waals surface area contributed by atoms with Crippen LogP contribution in [-0.4, -0.2) is 37.4 Å². The lowest BCUT2D eigenvalue weighted by atomic mass is 9.93. The summed E-state index contributed by atoms with van der Waals surface area (Å²) in [6, 6.07) is 2.77. The van der Waals surface area contributed by atoms with Crippen molar-refractivity contribution in [2.75, 3.05) is 0 Å². The number of primary amides is 1. The molecule has 2 amide bonds. The molecule has 0 bridgehead atoms. The Kier molecular flexibility index (Phi) is 15.9. The molecule has 0 aliphatic heterocycles. The van der Waals surface area contributed by atoms with E-state index in [1.165, 1.54) is 26.0 Å². The molecule has 8 nitrogen and oxygen atoms in total. The van der Waals surface area contributed by atoms with Crippen molar-refractivity contribution in [3.8, 4) is 23.0 Å². The fourth-order valence-electron chi connectivity index (χ4n) is 5.42. The number of amides is 2. The number of pyridine rings is 1. The van der Waals surface area contributed by atoms with Crippen LogP contribution < -0.4 is 11.1 Å². The van der Waals surface area contributed by atoms with Gasteiger partial charge in [0.2, 0.25) is 0 Å². The molecule has 4 N–H and O–H groups in total. The van der Waals surface area contributed by atoms with Gasteiger partial charge in [0, 0.05) is 23.6 Å². The van der Waals surface area contributed by atoms with Crippen LogP contribution in [0.15, 0.2) is 42.5 Å². The lowest BCUT2D eigenvalue weighted by molar-refractivity contribution is -0.142. The molecule has 0 fully saturated rings. The molecule has 1 unspecified atom stereocenters. The summed E-state index contributed by atoms with van der Waals surface area (Å²) in [6.45, 7) is 14.7. The van der Waals surface area contributed by atoms with Gasteiger partial charge in [0.25, 0.3) is 11.8 Å². The largest absolute Gasteiger partial charge is 0.435 e. The van der Waals surface area contributed by atoms with Gasteiger partial charge in [-0.3, -0.25) is 4.79 Å². The van der Waals surface area contributed by atoms with Crippen molar-refractivity contribution in [1.29, 1.82) is 0 Å². The summed E-state index contributed by atoms with van der Waals surface area (Å²) in [5, 5.41) is 15.5. The van der Waals surface area contributed by atoms with E-state index in [1.54, 1.807) is 0 Å². The average molecular weight is 800 g/mol. The number of nitrogens with two attached hydrogens (primary N) is 1. The number of halogens is 9. The number of aliphatic hydroxyl groups is 1. The second-order valence-electron chi connectivity index (χ2n) is 11.9. The van der Waals surface area contributed by atoms with Gasteiger partial charge < -0.3 is 16.2 Å². The average Bonchev–Trinajstić information content (AvgIpc) is 3.68. The molecule has 4 aromatic rings.